The summed E-state index contributed by atoms with van der Waals surface area (Å²) in [6, 6.07) is 0. The molecule has 0 aromatic heterocycles. The van der Waals surface area contributed by atoms with Crippen molar-refractivity contribution in [3.05, 3.63) is 0 Å². The first-order chi connectivity index (χ1) is 7.77. The summed E-state index contributed by atoms with van der Waals surface area (Å²) in [7, 11) is 0. The van der Waals surface area contributed by atoms with E-state index in [1.165, 1.54) is 19.3 Å². The van der Waals surface area contributed by atoms with E-state index in [-0.39, 0.29) is 11.8 Å². The maximum atomic E-state index is 11.9. The average Bonchev–Trinajstić information content (AvgIpc) is 2.73. The van der Waals surface area contributed by atoms with Gasteiger partial charge >= 0.3 is 0 Å². The van der Waals surface area contributed by atoms with E-state index >= 15 is 0 Å². The SMILES string of the molecule is O=C(NCC1CCCC1Br)C1CCCOC1. The summed E-state index contributed by atoms with van der Waals surface area (Å²) in [5.41, 5.74) is 0. The van der Waals surface area contributed by atoms with Crippen molar-refractivity contribution in [1.82, 2.24) is 5.32 Å². The molecular formula is C12H20BrNO2. The smallest absolute Gasteiger partial charge is 0.225 e. The van der Waals surface area contributed by atoms with Gasteiger partial charge in [-0.2, -0.15) is 0 Å². The second-order valence-corrected chi connectivity index (χ2v) is 6.04. The molecule has 2 fully saturated rings. The van der Waals surface area contributed by atoms with Gasteiger partial charge in [0, 0.05) is 18.0 Å². The summed E-state index contributed by atoms with van der Waals surface area (Å²) < 4.78 is 5.33. The van der Waals surface area contributed by atoms with Gasteiger partial charge in [0.2, 0.25) is 5.91 Å². The first kappa shape index (κ1) is 12.4. The van der Waals surface area contributed by atoms with Crippen molar-refractivity contribution in [1.29, 1.82) is 0 Å². The topological polar surface area (TPSA) is 38.3 Å². The predicted molar refractivity (Wildman–Crippen MR) is 66.6 cm³/mol. The lowest BCUT2D eigenvalue weighted by Crippen LogP contribution is -2.38. The van der Waals surface area contributed by atoms with Crippen LogP contribution in [-0.2, 0) is 9.53 Å². The standard InChI is InChI=1S/C12H20BrNO2/c13-11-5-1-3-9(11)7-14-12(15)10-4-2-6-16-8-10/h9-11H,1-8H2,(H,14,15). The number of rotatable bonds is 3. The molecule has 92 valence electrons. The maximum absolute atomic E-state index is 11.9. The molecule has 0 radical (unpaired) electrons. The monoisotopic (exact) mass is 289 g/mol. The highest BCUT2D eigenvalue weighted by atomic mass is 79.9. The summed E-state index contributed by atoms with van der Waals surface area (Å²) in [5.74, 6) is 0.892. The van der Waals surface area contributed by atoms with Crippen molar-refractivity contribution in [3.8, 4) is 0 Å². The molecule has 0 spiro atoms. The molecule has 3 nitrogen and oxygen atoms in total. The van der Waals surface area contributed by atoms with Crippen LogP contribution in [0.2, 0.25) is 0 Å². The van der Waals surface area contributed by atoms with Crippen LogP contribution < -0.4 is 5.32 Å². The van der Waals surface area contributed by atoms with Crippen LogP contribution in [0.5, 0.6) is 0 Å². The molecule has 2 aliphatic rings. The summed E-state index contributed by atoms with van der Waals surface area (Å²) in [6.07, 6.45) is 5.75. The van der Waals surface area contributed by atoms with Gasteiger partial charge in [0.05, 0.1) is 12.5 Å². The maximum Gasteiger partial charge on any atom is 0.225 e. The minimum Gasteiger partial charge on any atom is -0.381 e. The number of amides is 1. The molecule has 1 aliphatic carbocycles. The highest BCUT2D eigenvalue weighted by Crippen LogP contribution is 2.30. The Balaban J connectivity index is 1.70. The van der Waals surface area contributed by atoms with Crippen molar-refractivity contribution < 1.29 is 9.53 Å². The molecule has 1 saturated heterocycles. The van der Waals surface area contributed by atoms with E-state index in [0.29, 0.717) is 17.4 Å². The molecule has 1 aliphatic heterocycles. The summed E-state index contributed by atoms with van der Waals surface area (Å²) in [5, 5.41) is 3.08. The highest BCUT2D eigenvalue weighted by molar-refractivity contribution is 9.09. The first-order valence-corrected chi connectivity index (χ1v) is 7.18. The summed E-state index contributed by atoms with van der Waals surface area (Å²) in [6.45, 7) is 2.25. The Labute approximate surface area is 105 Å². The van der Waals surface area contributed by atoms with Crippen molar-refractivity contribution in [2.75, 3.05) is 19.8 Å². The van der Waals surface area contributed by atoms with Gasteiger partial charge in [0.1, 0.15) is 0 Å². The van der Waals surface area contributed by atoms with E-state index < -0.39 is 0 Å². The number of ether oxygens (including phenoxy) is 1. The van der Waals surface area contributed by atoms with Gasteiger partial charge in [0.15, 0.2) is 0 Å². The quantitative estimate of drug-likeness (QED) is 0.808. The number of hydrogen-bond donors (Lipinski definition) is 1. The van der Waals surface area contributed by atoms with Gasteiger partial charge in [-0.1, -0.05) is 22.4 Å². The zero-order valence-electron chi connectivity index (χ0n) is 9.58. The minimum absolute atomic E-state index is 0.0870. The first-order valence-electron chi connectivity index (χ1n) is 6.27. The van der Waals surface area contributed by atoms with E-state index in [1.807, 2.05) is 0 Å². The van der Waals surface area contributed by atoms with Crippen LogP contribution in [0.3, 0.4) is 0 Å². The molecule has 0 bridgehead atoms. The Morgan fingerprint density at radius 3 is 2.81 bits per heavy atom. The molecule has 1 amide bonds. The van der Waals surface area contributed by atoms with Crippen LogP contribution in [0.15, 0.2) is 0 Å². The summed E-state index contributed by atoms with van der Waals surface area (Å²) >= 11 is 3.67. The number of carbonyl (C=O) groups is 1. The molecule has 4 heteroatoms. The number of carbonyl (C=O) groups excluding carboxylic acids is 1. The Kier molecular flexibility index (Phi) is 4.65. The average molecular weight is 290 g/mol. The number of hydrogen-bond acceptors (Lipinski definition) is 2. The van der Waals surface area contributed by atoms with E-state index in [0.717, 1.165) is 26.0 Å². The molecule has 0 aromatic carbocycles. The van der Waals surface area contributed by atoms with Crippen molar-refractivity contribution >= 4 is 21.8 Å². The second kappa shape index (κ2) is 6.01. The molecule has 0 aromatic rings. The lowest BCUT2D eigenvalue weighted by molar-refractivity contribution is -0.129. The van der Waals surface area contributed by atoms with Gasteiger partial charge in [-0.3, -0.25) is 4.79 Å². The minimum atomic E-state index is 0.0870. The summed E-state index contributed by atoms with van der Waals surface area (Å²) in [4.78, 5) is 12.4. The lowest BCUT2D eigenvalue weighted by Gasteiger charge is -2.22. The normalized spacial score (nSPS) is 34.9. The van der Waals surface area contributed by atoms with E-state index in [9.17, 15) is 4.79 Å². The Morgan fingerprint density at radius 2 is 2.19 bits per heavy atom. The zero-order chi connectivity index (χ0) is 11.4. The van der Waals surface area contributed by atoms with Gasteiger partial charge in [-0.15, -0.1) is 0 Å². The zero-order valence-corrected chi connectivity index (χ0v) is 11.2. The van der Waals surface area contributed by atoms with Crippen LogP contribution in [-0.4, -0.2) is 30.5 Å². The van der Waals surface area contributed by atoms with Crippen LogP contribution in [0.4, 0.5) is 0 Å². The van der Waals surface area contributed by atoms with E-state index in [1.54, 1.807) is 0 Å². The molecule has 2 rings (SSSR count). The third-order valence-corrected chi connectivity index (χ3v) is 4.84. The van der Waals surface area contributed by atoms with Crippen LogP contribution in [0.25, 0.3) is 0 Å². The fourth-order valence-electron chi connectivity index (χ4n) is 2.55. The van der Waals surface area contributed by atoms with Crippen molar-refractivity contribution in [2.45, 2.75) is 36.9 Å². The lowest BCUT2D eigenvalue weighted by atomic mass is 10.0. The van der Waals surface area contributed by atoms with Crippen LogP contribution in [0, 0.1) is 11.8 Å². The van der Waals surface area contributed by atoms with Gasteiger partial charge in [0.25, 0.3) is 0 Å². The molecular weight excluding hydrogens is 270 g/mol. The molecule has 1 saturated carbocycles. The molecule has 1 heterocycles. The fourth-order valence-corrected chi connectivity index (χ4v) is 3.32. The van der Waals surface area contributed by atoms with Gasteiger partial charge < -0.3 is 10.1 Å². The van der Waals surface area contributed by atoms with Crippen LogP contribution >= 0.6 is 15.9 Å². The molecule has 3 atom stereocenters. The van der Waals surface area contributed by atoms with Crippen molar-refractivity contribution in [2.24, 2.45) is 11.8 Å². The van der Waals surface area contributed by atoms with E-state index in [2.05, 4.69) is 21.2 Å². The third kappa shape index (κ3) is 3.20. The molecule has 1 N–H and O–H groups in total. The molecule has 3 unspecified atom stereocenters. The van der Waals surface area contributed by atoms with E-state index in [4.69, 9.17) is 4.74 Å². The molecule has 16 heavy (non-hydrogen) atoms. The Hall–Kier alpha value is -0.0900. The fraction of sp³-hybridized carbons (Fsp3) is 0.917. The van der Waals surface area contributed by atoms with Crippen LogP contribution in [0.1, 0.15) is 32.1 Å². The number of halogens is 1. The van der Waals surface area contributed by atoms with Gasteiger partial charge in [-0.25, -0.2) is 0 Å². The second-order valence-electron chi connectivity index (χ2n) is 4.87. The predicted octanol–water partition coefficient (Wildman–Crippen LogP) is 2.09. The largest absolute Gasteiger partial charge is 0.381 e. The highest BCUT2D eigenvalue weighted by Gasteiger charge is 2.27. The van der Waals surface area contributed by atoms with Crippen molar-refractivity contribution in [3.63, 3.8) is 0 Å². The Bertz CT molecular complexity index is 241. The number of alkyl halides is 1. The third-order valence-electron chi connectivity index (χ3n) is 3.64. The van der Waals surface area contributed by atoms with Gasteiger partial charge in [-0.05, 0) is 31.6 Å². The number of nitrogens with one attached hydrogen (secondary N) is 1. The Morgan fingerprint density at radius 1 is 1.31 bits per heavy atom.